The number of benzene rings is 8. The minimum Gasteiger partial charge on any atom is -0.333 e. The van der Waals surface area contributed by atoms with Crippen LogP contribution in [0.25, 0.3) is 71.7 Å². The molecule has 8 aromatic carbocycles. The number of nitrogens with zero attached hydrogens (tertiary/aromatic N) is 3. The minimum absolute atomic E-state index is 0.235. The van der Waals surface area contributed by atoms with Crippen molar-refractivity contribution in [2.45, 2.75) is 12.0 Å². The van der Waals surface area contributed by atoms with Gasteiger partial charge in [0.15, 0.2) is 0 Å². The van der Waals surface area contributed by atoms with Crippen molar-refractivity contribution in [2.75, 3.05) is 4.90 Å². The summed E-state index contributed by atoms with van der Waals surface area (Å²) in [6.07, 6.45) is 7.25. The highest BCUT2D eigenvalue weighted by molar-refractivity contribution is 6.13. The van der Waals surface area contributed by atoms with Crippen molar-refractivity contribution in [2.24, 2.45) is 0 Å². The zero-order valence-electron chi connectivity index (χ0n) is 31.2. The molecule has 0 fully saturated rings. The van der Waals surface area contributed by atoms with Crippen molar-refractivity contribution in [1.29, 1.82) is 0 Å². The number of rotatable bonds is 5. The van der Waals surface area contributed by atoms with Crippen LogP contribution in [-0.2, 0) is 0 Å². The molecular formula is C54H37N3. The second kappa shape index (κ2) is 12.6. The van der Waals surface area contributed by atoms with Crippen molar-refractivity contribution < 1.29 is 0 Å². The summed E-state index contributed by atoms with van der Waals surface area (Å²) in [5, 5.41) is 5.02. The standard InChI is InChI=1S/C54H37N3/c1-4-14-40(15-5-1)55-49-22-12-10-20-43(49)45-32-36(24-28-51(45)55)38-26-30-53-47(34-38)48-35-39(27-31-54(48)57(53)42-18-8-3-9-19-42)37-25-29-52-46(33-37)44-21-11-13-23-50(44)56(52)41-16-6-2-7-17-41/h1-35,45,51H. The highest BCUT2D eigenvalue weighted by Crippen LogP contribution is 2.49. The van der Waals surface area contributed by atoms with Gasteiger partial charge in [0.2, 0.25) is 0 Å². The molecule has 3 heteroatoms. The number of aromatic nitrogens is 2. The third-order valence-electron chi connectivity index (χ3n) is 12.2. The molecule has 0 N–H and O–H groups in total. The summed E-state index contributed by atoms with van der Waals surface area (Å²) in [6, 6.07) is 71.2. The van der Waals surface area contributed by atoms with Crippen molar-refractivity contribution in [3.63, 3.8) is 0 Å². The van der Waals surface area contributed by atoms with E-state index in [-0.39, 0.29) is 12.0 Å². The average molecular weight is 728 g/mol. The number of allylic oxidation sites excluding steroid dienone is 2. The number of hydrogen-bond acceptors (Lipinski definition) is 1. The number of anilines is 2. The molecule has 268 valence electrons. The number of fused-ring (bicyclic) bond motifs is 9. The van der Waals surface area contributed by atoms with Crippen LogP contribution in [0.1, 0.15) is 17.0 Å². The van der Waals surface area contributed by atoms with Crippen LogP contribution in [0.4, 0.5) is 11.4 Å². The first-order valence-corrected chi connectivity index (χ1v) is 19.8. The molecule has 57 heavy (non-hydrogen) atoms. The second-order valence-corrected chi connectivity index (χ2v) is 15.3. The lowest BCUT2D eigenvalue weighted by molar-refractivity contribution is 0.747. The van der Waals surface area contributed by atoms with Crippen molar-refractivity contribution in [3.8, 4) is 22.5 Å². The predicted octanol–water partition coefficient (Wildman–Crippen LogP) is 13.8. The predicted molar refractivity (Wildman–Crippen MR) is 239 cm³/mol. The lowest BCUT2D eigenvalue weighted by Crippen LogP contribution is -2.28. The van der Waals surface area contributed by atoms with Gasteiger partial charge in [-0.1, -0.05) is 127 Å². The van der Waals surface area contributed by atoms with E-state index in [1.165, 1.54) is 88.5 Å². The van der Waals surface area contributed by atoms with Gasteiger partial charge in [0.25, 0.3) is 0 Å². The Morgan fingerprint density at radius 3 is 1.47 bits per heavy atom. The van der Waals surface area contributed by atoms with Crippen LogP contribution < -0.4 is 4.90 Å². The maximum atomic E-state index is 2.50. The van der Waals surface area contributed by atoms with Crippen LogP contribution in [0.2, 0.25) is 0 Å². The lowest BCUT2D eigenvalue weighted by Gasteiger charge is -2.29. The molecule has 0 amide bonds. The largest absolute Gasteiger partial charge is 0.333 e. The van der Waals surface area contributed by atoms with Gasteiger partial charge in [0.05, 0.1) is 28.1 Å². The molecule has 3 nitrogen and oxygen atoms in total. The molecule has 0 bridgehead atoms. The molecule has 0 spiro atoms. The summed E-state index contributed by atoms with van der Waals surface area (Å²) in [5.74, 6) is 0.261. The summed E-state index contributed by atoms with van der Waals surface area (Å²) < 4.78 is 4.80. The maximum Gasteiger partial charge on any atom is 0.0630 e. The Hall–Kier alpha value is -7.36. The summed E-state index contributed by atoms with van der Waals surface area (Å²) in [7, 11) is 0. The first-order chi connectivity index (χ1) is 28.3. The van der Waals surface area contributed by atoms with E-state index in [0.29, 0.717) is 0 Å². The number of hydrogen-bond donors (Lipinski definition) is 0. The quantitative estimate of drug-likeness (QED) is 0.172. The zero-order valence-corrected chi connectivity index (χ0v) is 31.2. The Bertz CT molecular complexity index is 3240. The molecule has 10 aromatic rings. The smallest absolute Gasteiger partial charge is 0.0630 e. The highest BCUT2D eigenvalue weighted by atomic mass is 15.2. The average Bonchev–Trinajstić information content (AvgIpc) is 3.92. The highest BCUT2D eigenvalue weighted by Gasteiger charge is 2.38. The van der Waals surface area contributed by atoms with Gasteiger partial charge in [-0.05, 0) is 113 Å². The first-order valence-electron chi connectivity index (χ1n) is 19.8. The molecule has 12 rings (SSSR count). The van der Waals surface area contributed by atoms with E-state index >= 15 is 0 Å². The Morgan fingerprint density at radius 2 is 0.842 bits per heavy atom. The normalized spacial score (nSPS) is 16.1. The van der Waals surface area contributed by atoms with Gasteiger partial charge < -0.3 is 14.0 Å². The molecule has 2 aliphatic rings. The van der Waals surface area contributed by atoms with Crippen LogP contribution in [0.5, 0.6) is 0 Å². The van der Waals surface area contributed by atoms with Gasteiger partial charge in [0, 0.05) is 50.2 Å². The molecule has 2 atom stereocenters. The molecule has 2 unspecified atom stereocenters. The van der Waals surface area contributed by atoms with Crippen molar-refractivity contribution >= 4 is 60.6 Å². The van der Waals surface area contributed by atoms with E-state index < -0.39 is 0 Å². The van der Waals surface area contributed by atoms with Crippen LogP contribution in [0, 0.1) is 0 Å². The lowest BCUT2D eigenvalue weighted by atomic mass is 9.86. The van der Waals surface area contributed by atoms with Crippen molar-refractivity contribution in [3.05, 3.63) is 223 Å². The fraction of sp³-hybridized carbons (Fsp3) is 0.0370. The van der Waals surface area contributed by atoms with Crippen LogP contribution in [-0.4, -0.2) is 15.2 Å². The van der Waals surface area contributed by atoms with Gasteiger partial charge in [-0.3, -0.25) is 0 Å². The molecule has 3 heterocycles. The summed E-state index contributed by atoms with van der Waals surface area (Å²) in [5.41, 5.74) is 16.0. The Balaban J connectivity index is 1.01. The fourth-order valence-corrected chi connectivity index (χ4v) is 9.68. The van der Waals surface area contributed by atoms with E-state index in [1.54, 1.807) is 0 Å². The maximum absolute atomic E-state index is 2.50. The minimum atomic E-state index is 0.235. The zero-order chi connectivity index (χ0) is 37.5. The number of para-hydroxylation sites is 5. The Morgan fingerprint density at radius 1 is 0.368 bits per heavy atom. The Kier molecular flexibility index (Phi) is 7.05. The summed E-state index contributed by atoms with van der Waals surface area (Å²) in [4.78, 5) is 2.50. The van der Waals surface area contributed by atoms with E-state index in [0.717, 1.165) is 5.69 Å². The van der Waals surface area contributed by atoms with Crippen LogP contribution in [0.15, 0.2) is 212 Å². The summed E-state index contributed by atoms with van der Waals surface area (Å²) in [6.45, 7) is 0. The third-order valence-corrected chi connectivity index (χ3v) is 12.2. The second-order valence-electron chi connectivity index (χ2n) is 15.3. The van der Waals surface area contributed by atoms with Gasteiger partial charge in [0.1, 0.15) is 0 Å². The monoisotopic (exact) mass is 727 g/mol. The van der Waals surface area contributed by atoms with Crippen LogP contribution in [0.3, 0.4) is 0 Å². The van der Waals surface area contributed by atoms with Gasteiger partial charge in [-0.15, -0.1) is 0 Å². The van der Waals surface area contributed by atoms with E-state index in [2.05, 4.69) is 226 Å². The SMILES string of the molecule is C1=CC2C(C=C1c1ccc3c(c1)c1cc(-c4ccc5c(c4)c4ccccc4n5-c4ccccc4)ccc1n3-c1ccccc1)c1ccccc1N2c1ccccc1. The summed E-state index contributed by atoms with van der Waals surface area (Å²) >= 11 is 0. The first kappa shape index (κ1) is 31.9. The fourth-order valence-electron chi connectivity index (χ4n) is 9.68. The molecule has 0 saturated heterocycles. The topological polar surface area (TPSA) is 13.1 Å². The van der Waals surface area contributed by atoms with E-state index in [1.807, 2.05) is 0 Å². The van der Waals surface area contributed by atoms with E-state index in [4.69, 9.17) is 0 Å². The molecule has 1 aliphatic heterocycles. The van der Waals surface area contributed by atoms with Crippen molar-refractivity contribution in [1.82, 2.24) is 9.13 Å². The van der Waals surface area contributed by atoms with Gasteiger partial charge in [-0.25, -0.2) is 0 Å². The molecule has 2 aromatic heterocycles. The van der Waals surface area contributed by atoms with Gasteiger partial charge >= 0.3 is 0 Å². The van der Waals surface area contributed by atoms with Crippen LogP contribution >= 0.6 is 0 Å². The Labute approximate surface area is 331 Å². The van der Waals surface area contributed by atoms with E-state index in [9.17, 15) is 0 Å². The molecular weight excluding hydrogens is 691 g/mol. The molecule has 0 radical (unpaired) electrons. The third kappa shape index (κ3) is 4.92. The molecule has 1 aliphatic carbocycles. The molecule has 0 saturated carbocycles. The van der Waals surface area contributed by atoms with Gasteiger partial charge in [-0.2, -0.15) is 0 Å².